The lowest BCUT2D eigenvalue weighted by Crippen LogP contribution is -2.53. The van der Waals surface area contributed by atoms with E-state index in [0.717, 1.165) is 57.8 Å². The number of nitrogens with two attached hydrogens (primary N) is 1. The van der Waals surface area contributed by atoms with Crippen LogP contribution in [0.5, 0.6) is 0 Å². The lowest BCUT2D eigenvalue weighted by molar-refractivity contribution is 0.279. The molecule has 0 saturated heterocycles. The Morgan fingerprint density at radius 1 is 0.950 bits per heavy atom. The van der Waals surface area contributed by atoms with Gasteiger partial charge in [-0.3, -0.25) is 0 Å². The Hall–Kier alpha value is -0.170. The molecule has 0 heterocycles. The molecule has 0 aliphatic heterocycles. The van der Waals surface area contributed by atoms with Crippen LogP contribution < -0.4 is 10.5 Å². The molecule has 2 atom stereocenters. The Kier molecular flexibility index (Phi) is 5.84. The highest BCUT2D eigenvalue weighted by Gasteiger charge is 2.31. The van der Waals surface area contributed by atoms with Crippen LogP contribution in [0.3, 0.4) is 0 Å². The zero-order valence-corrected chi connectivity index (χ0v) is 13.4. The van der Waals surface area contributed by atoms with Gasteiger partial charge in [0.1, 0.15) is 0 Å². The fraction of sp³-hybridized carbons (Fsp3) is 1.00. The van der Waals surface area contributed by atoms with Gasteiger partial charge in [-0.25, -0.2) is 0 Å². The first-order valence-electron chi connectivity index (χ1n) is 8.01. The highest BCUT2D eigenvalue weighted by atomic mass is 32.2. The molecule has 0 aromatic heterocycles. The van der Waals surface area contributed by atoms with E-state index in [0.29, 0.717) is 0 Å². The highest BCUT2D eigenvalue weighted by Crippen LogP contribution is 2.24. The zero-order chi connectivity index (χ0) is 14.6. The van der Waals surface area contributed by atoms with Gasteiger partial charge in [-0.05, 0) is 25.7 Å². The molecular formula is C14H29N3O2S. The summed E-state index contributed by atoms with van der Waals surface area (Å²) >= 11 is 0. The van der Waals surface area contributed by atoms with Crippen LogP contribution in [0.25, 0.3) is 0 Å². The van der Waals surface area contributed by atoms with Gasteiger partial charge in [0.05, 0.1) is 0 Å². The van der Waals surface area contributed by atoms with Crippen molar-refractivity contribution in [3.63, 3.8) is 0 Å². The molecule has 118 valence electrons. The third-order valence-corrected chi connectivity index (χ3v) is 6.49. The average Bonchev–Trinajstić information content (AvgIpc) is 2.64. The second kappa shape index (κ2) is 7.20. The number of hydrogen-bond donors (Lipinski definition) is 2. The molecule has 3 N–H and O–H groups in total. The topological polar surface area (TPSA) is 75.4 Å². The fourth-order valence-electron chi connectivity index (χ4n) is 3.40. The van der Waals surface area contributed by atoms with Gasteiger partial charge in [-0.2, -0.15) is 17.4 Å². The van der Waals surface area contributed by atoms with Crippen molar-refractivity contribution in [2.24, 2.45) is 5.73 Å². The van der Waals surface area contributed by atoms with E-state index in [9.17, 15) is 8.42 Å². The smallest absolute Gasteiger partial charge is 0.279 e. The largest absolute Gasteiger partial charge is 0.326 e. The Labute approximate surface area is 123 Å². The van der Waals surface area contributed by atoms with Gasteiger partial charge in [-0.1, -0.05) is 38.5 Å². The molecule has 20 heavy (non-hydrogen) atoms. The molecule has 2 fully saturated rings. The molecule has 2 aliphatic carbocycles. The van der Waals surface area contributed by atoms with Crippen LogP contribution >= 0.6 is 0 Å². The molecule has 5 nitrogen and oxygen atoms in total. The van der Waals surface area contributed by atoms with Gasteiger partial charge in [0.25, 0.3) is 10.2 Å². The molecule has 2 rings (SSSR count). The number of hydrogen-bond acceptors (Lipinski definition) is 3. The van der Waals surface area contributed by atoms with E-state index in [4.69, 9.17) is 5.73 Å². The van der Waals surface area contributed by atoms with E-state index < -0.39 is 10.2 Å². The maximum atomic E-state index is 12.5. The Balaban J connectivity index is 1.97. The molecule has 6 heteroatoms. The van der Waals surface area contributed by atoms with Crippen molar-refractivity contribution in [1.29, 1.82) is 0 Å². The maximum absolute atomic E-state index is 12.5. The minimum Gasteiger partial charge on any atom is -0.326 e. The van der Waals surface area contributed by atoms with Crippen molar-refractivity contribution in [1.82, 2.24) is 9.03 Å². The Morgan fingerprint density at radius 3 is 2.15 bits per heavy atom. The van der Waals surface area contributed by atoms with Crippen molar-refractivity contribution in [2.45, 2.75) is 82.3 Å². The minimum atomic E-state index is -3.41. The van der Waals surface area contributed by atoms with Crippen molar-refractivity contribution >= 4 is 10.2 Å². The van der Waals surface area contributed by atoms with E-state index in [2.05, 4.69) is 4.72 Å². The molecule has 0 bridgehead atoms. The van der Waals surface area contributed by atoms with Crippen molar-refractivity contribution in [2.75, 3.05) is 7.05 Å². The molecule has 2 unspecified atom stereocenters. The van der Waals surface area contributed by atoms with Gasteiger partial charge in [0, 0.05) is 25.2 Å². The van der Waals surface area contributed by atoms with Crippen LogP contribution in [0.15, 0.2) is 0 Å². The Bertz CT molecular complexity index is 393. The summed E-state index contributed by atoms with van der Waals surface area (Å²) in [5.41, 5.74) is 6.12. The number of rotatable bonds is 4. The monoisotopic (exact) mass is 303 g/mol. The predicted octanol–water partition coefficient (Wildman–Crippen LogP) is 1.75. The SMILES string of the molecule is CN(C1CCCCC1)S(=O)(=O)NC1CCCCCC1N. The summed E-state index contributed by atoms with van der Waals surface area (Å²) in [6, 6.07) is 0.00354. The molecule has 0 amide bonds. The number of nitrogens with one attached hydrogen (secondary N) is 1. The van der Waals surface area contributed by atoms with Crippen LogP contribution in [0.1, 0.15) is 64.2 Å². The van der Waals surface area contributed by atoms with Crippen LogP contribution in [0.4, 0.5) is 0 Å². The summed E-state index contributed by atoms with van der Waals surface area (Å²) in [5.74, 6) is 0. The Morgan fingerprint density at radius 2 is 1.50 bits per heavy atom. The zero-order valence-electron chi connectivity index (χ0n) is 12.6. The molecular weight excluding hydrogens is 274 g/mol. The molecule has 0 radical (unpaired) electrons. The molecule has 2 saturated carbocycles. The van der Waals surface area contributed by atoms with E-state index >= 15 is 0 Å². The summed E-state index contributed by atoms with van der Waals surface area (Å²) < 4.78 is 29.4. The third kappa shape index (κ3) is 4.16. The van der Waals surface area contributed by atoms with Crippen LogP contribution in [-0.2, 0) is 10.2 Å². The first-order valence-corrected chi connectivity index (χ1v) is 9.45. The molecule has 0 spiro atoms. The number of nitrogens with zero attached hydrogens (tertiary/aromatic N) is 1. The summed E-state index contributed by atoms with van der Waals surface area (Å²) in [6.45, 7) is 0. The van der Waals surface area contributed by atoms with Gasteiger partial charge in [-0.15, -0.1) is 0 Å². The van der Waals surface area contributed by atoms with Gasteiger partial charge in [0.2, 0.25) is 0 Å². The summed E-state index contributed by atoms with van der Waals surface area (Å²) in [4.78, 5) is 0. The van der Waals surface area contributed by atoms with Crippen LogP contribution in [0.2, 0.25) is 0 Å². The fourth-order valence-corrected chi connectivity index (χ4v) is 4.84. The highest BCUT2D eigenvalue weighted by molar-refractivity contribution is 7.87. The molecule has 0 aromatic rings. The lowest BCUT2D eigenvalue weighted by Gasteiger charge is -2.32. The lowest BCUT2D eigenvalue weighted by atomic mass is 9.96. The first-order chi connectivity index (χ1) is 9.50. The van der Waals surface area contributed by atoms with Gasteiger partial charge in [0.15, 0.2) is 0 Å². The average molecular weight is 303 g/mol. The molecule has 0 aromatic carbocycles. The molecule has 2 aliphatic rings. The van der Waals surface area contributed by atoms with Crippen molar-refractivity contribution in [3.05, 3.63) is 0 Å². The summed E-state index contributed by atoms with van der Waals surface area (Å²) in [5, 5.41) is 0. The standard InChI is InChI=1S/C14H29N3O2S/c1-17(12-8-4-2-5-9-12)20(18,19)16-14-11-7-3-6-10-13(14)15/h12-14,16H,2-11,15H2,1H3. The summed E-state index contributed by atoms with van der Waals surface area (Å²) in [7, 11) is -1.70. The third-order valence-electron chi connectivity index (χ3n) is 4.84. The van der Waals surface area contributed by atoms with Gasteiger partial charge < -0.3 is 5.73 Å². The predicted molar refractivity (Wildman–Crippen MR) is 81.5 cm³/mol. The van der Waals surface area contributed by atoms with E-state index in [1.54, 1.807) is 11.4 Å². The minimum absolute atomic E-state index is 0.0490. The maximum Gasteiger partial charge on any atom is 0.279 e. The summed E-state index contributed by atoms with van der Waals surface area (Å²) in [6.07, 6.45) is 10.6. The van der Waals surface area contributed by atoms with E-state index in [1.807, 2.05) is 0 Å². The van der Waals surface area contributed by atoms with Crippen LogP contribution in [-0.4, -0.2) is 37.9 Å². The second-order valence-electron chi connectivity index (χ2n) is 6.34. The van der Waals surface area contributed by atoms with E-state index in [-0.39, 0.29) is 18.1 Å². The quantitative estimate of drug-likeness (QED) is 0.777. The van der Waals surface area contributed by atoms with Crippen LogP contribution in [0, 0.1) is 0 Å². The first kappa shape index (κ1) is 16.2. The van der Waals surface area contributed by atoms with Crippen molar-refractivity contribution < 1.29 is 8.42 Å². The second-order valence-corrected chi connectivity index (χ2v) is 8.10. The normalized spacial score (nSPS) is 30.4. The van der Waals surface area contributed by atoms with Gasteiger partial charge >= 0.3 is 0 Å². The van der Waals surface area contributed by atoms with E-state index in [1.165, 1.54) is 6.42 Å². The van der Waals surface area contributed by atoms with Crippen molar-refractivity contribution in [3.8, 4) is 0 Å².